The third kappa shape index (κ3) is 2.95. The van der Waals surface area contributed by atoms with Crippen LogP contribution >= 0.6 is 0 Å². The summed E-state index contributed by atoms with van der Waals surface area (Å²) in [6.45, 7) is 1.69. The molecule has 1 amide bonds. The number of carbonyl (C=O) groups is 2. The molecule has 0 aromatic heterocycles. The largest absolute Gasteiger partial charge is 0.508 e. The number of hydrogen-bond acceptors (Lipinski definition) is 3. The molecule has 0 atom stereocenters. The number of amides is 1. The number of phenols is 1. The molecule has 0 aliphatic rings. The number of carboxylic acid groups (broad SMARTS) is 1. The number of anilines is 1. The van der Waals surface area contributed by atoms with Crippen molar-refractivity contribution in [2.45, 2.75) is 6.92 Å². The van der Waals surface area contributed by atoms with Crippen molar-refractivity contribution in [3.8, 4) is 5.75 Å². The fraction of sp³-hybridized carbons (Fsp3) is 0.0667. The van der Waals surface area contributed by atoms with E-state index in [1.54, 1.807) is 19.1 Å². The minimum atomic E-state index is -1.04. The first-order chi connectivity index (χ1) is 9.47. The Bertz CT molecular complexity index is 662. The Kier molecular flexibility index (Phi) is 3.70. The molecule has 2 rings (SSSR count). The molecule has 2 aromatic rings. The van der Waals surface area contributed by atoms with Crippen molar-refractivity contribution < 1.29 is 19.8 Å². The monoisotopic (exact) mass is 271 g/mol. The van der Waals surface area contributed by atoms with Crippen molar-refractivity contribution in [3.63, 3.8) is 0 Å². The molecule has 0 saturated heterocycles. The Morgan fingerprint density at radius 1 is 1.05 bits per heavy atom. The van der Waals surface area contributed by atoms with Gasteiger partial charge < -0.3 is 15.5 Å². The number of aromatic hydroxyl groups is 1. The number of hydrogen-bond donors (Lipinski definition) is 3. The normalized spacial score (nSPS) is 10.1. The van der Waals surface area contributed by atoms with Crippen LogP contribution in [0.2, 0.25) is 0 Å². The predicted octanol–water partition coefficient (Wildman–Crippen LogP) is 2.65. The maximum absolute atomic E-state index is 12.0. The van der Waals surface area contributed by atoms with Gasteiger partial charge in [0, 0.05) is 11.3 Å². The first kappa shape index (κ1) is 13.6. The highest BCUT2D eigenvalue weighted by Gasteiger charge is 2.10. The zero-order chi connectivity index (χ0) is 14.7. The van der Waals surface area contributed by atoms with E-state index in [0.717, 1.165) is 0 Å². The summed E-state index contributed by atoms with van der Waals surface area (Å²) >= 11 is 0. The molecule has 5 nitrogen and oxygen atoms in total. The highest BCUT2D eigenvalue weighted by molar-refractivity contribution is 6.05. The summed E-state index contributed by atoms with van der Waals surface area (Å²) in [5, 5.41) is 20.8. The van der Waals surface area contributed by atoms with Crippen LogP contribution in [-0.4, -0.2) is 22.1 Å². The SMILES string of the molecule is Cc1ccc(NC(=O)c2ccc(O)cc2)cc1C(=O)O. The van der Waals surface area contributed by atoms with E-state index in [1.807, 2.05) is 0 Å². The standard InChI is InChI=1S/C15H13NO4/c1-9-2-5-11(8-13(9)15(19)20)16-14(18)10-3-6-12(17)7-4-10/h2-8,17H,1H3,(H,16,18)(H,19,20). The van der Waals surface area contributed by atoms with Crippen LogP contribution in [0.1, 0.15) is 26.3 Å². The predicted molar refractivity (Wildman–Crippen MR) is 74.2 cm³/mol. The third-order valence-corrected chi connectivity index (χ3v) is 2.86. The Hall–Kier alpha value is -2.82. The zero-order valence-corrected chi connectivity index (χ0v) is 10.8. The van der Waals surface area contributed by atoms with Gasteiger partial charge in [-0.25, -0.2) is 4.79 Å². The molecule has 0 unspecified atom stereocenters. The smallest absolute Gasteiger partial charge is 0.336 e. The van der Waals surface area contributed by atoms with Crippen molar-refractivity contribution in [3.05, 3.63) is 59.2 Å². The lowest BCUT2D eigenvalue weighted by Crippen LogP contribution is -2.12. The topological polar surface area (TPSA) is 86.6 Å². The summed E-state index contributed by atoms with van der Waals surface area (Å²) in [5.41, 5.74) is 1.56. The second kappa shape index (κ2) is 5.44. The molecule has 2 aromatic carbocycles. The van der Waals surface area contributed by atoms with Crippen molar-refractivity contribution >= 4 is 17.6 Å². The first-order valence-corrected chi connectivity index (χ1v) is 5.91. The highest BCUT2D eigenvalue weighted by atomic mass is 16.4. The van der Waals surface area contributed by atoms with Gasteiger partial charge in [0.25, 0.3) is 5.91 Å². The minimum absolute atomic E-state index is 0.0741. The Balaban J connectivity index is 2.21. The second-order valence-electron chi connectivity index (χ2n) is 4.34. The van der Waals surface area contributed by atoms with Crippen LogP contribution < -0.4 is 5.32 Å². The number of carbonyl (C=O) groups excluding carboxylic acids is 1. The lowest BCUT2D eigenvalue weighted by Gasteiger charge is -2.08. The minimum Gasteiger partial charge on any atom is -0.508 e. The van der Waals surface area contributed by atoms with E-state index in [4.69, 9.17) is 10.2 Å². The number of aromatic carboxylic acids is 1. The fourth-order valence-corrected chi connectivity index (χ4v) is 1.75. The van der Waals surface area contributed by atoms with Crippen molar-refractivity contribution in [1.82, 2.24) is 0 Å². The molecule has 5 heteroatoms. The molecule has 0 radical (unpaired) electrons. The molecule has 3 N–H and O–H groups in total. The van der Waals surface area contributed by atoms with Gasteiger partial charge in [0.05, 0.1) is 5.56 Å². The van der Waals surface area contributed by atoms with Crippen LogP contribution in [0.5, 0.6) is 5.75 Å². The summed E-state index contributed by atoms with van der Waals surface area (Å²) in [4.78, 5) is 23.0. The third-order valence-electron chi connectivity index (χ3n) is 2.86. The van der Waals surface area contributed by atoms with Gasteiger partial charge >= 0.3 is 5.97 Å². The number of phenolic OH excluding ortho intramolecular Hbond substituents is 1. The van der Waals surface area contributed by atoms with Crippen molar-refractivity contribution in [1.29, 1.82) is 0 Å². The van der Waals surface area contributed by atoms with E-state index in [1.165, 1.54) is 30.3 Å². The maximum atomic E-state index is 12.0. The van der Waals surface area contributed by atoms with E-state index in [0.29, 0.717) is 16.8 Å². The molecule has 0 aliphatic heterocycles. The van der Waals surface area contributed by atoms with Crippen LogP contribution in [-0.2, 0) is 0 Å². The van der Waals surface area contributed by atoms with Crippen LogP contribution in [0, 0.1) is 6.92 Å². The highest BCUT2D eigenvalue weighted by Crippen LogP contribution is 2.17. The summed E-state index contributed by atoms with van der Waals surface area (Å²) in [6, 6.07) is 10.5. The molecule has 0 heterocycles. The summed E-state index contributed by atoms with van der Waals surface area (Å²) in [5.74, 6) is -1.33. The molecule has 0 bridgehead atoms. The summed E-state index contributed by atoms with van der Waals surface area (Å²) in [6.07, 6.45) is 0. The molecular weight excluding hydrogens is 258 g/mol. The van der Waals surface area contributed by atoms with Gasteiger partial charge in [-0.1, -0.05) is 6.07 Å². The first-order valence-electron chi connectivity index (χ1n) is 5.91. The average Bonchev–Trinajstić information content (AvgIpc) is 2.41. The quantitative estimate of drug-likeness (QED) is 0.801. The number of nitrogens with one attached hydrogen (secondary N) is 1. The van der Waals surface area contributed by atoms with Gasteiger partial charge in [-0.05, 0) is 48.9 Å². The summed E-state index contributed by atoms with van der Waals surface area (Å²) < 4.78 is 0. The average molecular weight is 271 g/mol. The molecular formula is C15H13NO4. The van der Waals surface area contributed by atoms with E-state index in [2.05, 4.69) is 5.32 Å². The molecule has 20 heavy (non-hydrogen) atoms. The second-order valence-corrected chi connectivity index (χ2v) is 4.34. The van der Waals surface area contributed by atoms with Gasteiger partial charge in [0.15, 0.2) is 0 Å². The Labute approximate surface area is 115 Å². The fourth-order valence-electron chi connectivity index (χ4n) is 1.75. The molecule has 0 saturated carbocycles. The molecule has 0 fully saturated rings. The van der Waals surface area contributed by atoms with Crippen LogP contribution in [0.15, 0.2) is 42.5 Å². The van der Waals surface area contributed by atoms with E-state index in [9.17, 15) is 9.59 Å². The Morgan fingerprint density at radius 2 is 1.70 bits per heavy atom. The summed E-state index contributed by atoms with van der Waals surface area (Å²) in [7, 11) is 0. The molecule has 0 spiro atoms. The molecule has 102 valence electrons. The van der Waals surface area contributed by atoms with Crippen LogP contribution in [0.25, 0.3) is 0 Å². The van der Waals surface area contributed by atoms with Gasteiger partial charge in [0.1, 0.15) is 5.75 Å². The Morgan fingerprint density at radius 3 is 2.30 bits per heavy atom. The van der Waals surface area contributed by atoms with E-state index >= 15 is 0 Å². The zero-order valence-electron chi connectivity index (χ0n) is 10.8. The van der Waals surface area contributed by atoms with Gasteiger partial charge in [0.2, 0.25) is 0 Å². The number of benzene rings is 2. The molecule has 0 aliphatic carbocycles. The van der Waals surface area contributed by atoms with Gasteiger partial charge in [-0.15, -0.1) is 0 Å². The van der Waals surface area contributed by atoms with Crippen LogP contribution in [0.4, 0.5) is 5.69 Å². The number of carboxylic acids is 1. The van der Waals surface area contributed by atoms with Crippen molar-refractivity contribution in [2.75, 3.05) is 5.32 Å². The number of aryl methyl sites for hydroxylation is 1. The van der Waals surface area contributed by atoms with E-state index in [-0.39, 0.29) is 17.2 Å². The van der Waals surface area contributed by atoms with Crippen LogP contribution in [0.3, 0.4) is 0 Å². The lowest BCUT2D eigenvalue weighted by molar-refractivity contribution is 0.0695. The maximum Gasteiger partial charge on any atom is 0.336 e. The van der Waals surface area contributed by atoms with Crippen molar-refractivity contribution in [2.24, 2.45) is 0 Å². The number of rotatable bonds is 3. The lowest BCUT2D eigenvalue weighted by atomic mass is 10.1. The van der Waals surface area contributed by atoms with Gasteiger partial charge in [-0.2, -0.15) is 0 Å². The van der Waals surface area contributed by atoms with E-state index < -0.39 is 5.97 Å². The van der Waals surface area contributed by atoms with Gasteiger partial charge in [-0.3, -0.25) is 4.79 Å².